The van der Waals surface area contributed by atoms with E-state index in [1.165, 1.54) is 5.56 Å². The highest BCUT2D eigenvalue weighted by atomic mass is 16.5. The molecule has 17 heavy (non-hydrogen) atoms. The van der Waals surface area contributed by atoms with Gasteiger partial charge < -0.3 is 15.8 Å². The van der Waals surface area contributed by atoms with Gasteiger partial charge in [0.1, 0.15) is 5.41 Å². The highest BCUT2D eigenvalue weighted by molar-refractivity contribution is 5.84. The van der Waals surface area contributed by atoms with Crippen LogP contribution in [0.3, 0.4) is 0 Å². The molecule has 92 valence electrons. The summed E-state index contributed by atoms with van der Waals surface area (Å²) in [6.07, 6.45) is 0.841. The second kappa shape index (κ2) is 5.29. The topological polar surface area (TPSA) is 64.4 Å². The molecule has 3 N–H and O–H groups in total. The minimum atomic E-state index is -0.476. The lowest BCUT2D eigenvalue weighted by Gasteiger charge is -2.38. The summed E-state index contributed by atoms with van der Waals surface area (Å²) in [5.74, 6) is 0.0159. The first-order valence-electron chi connectivity index (χ1n) is 5.87. The van der Waals surface area contributed by atoms with Crippen LogP contribution in [0.1, 0.15) is 5.56 Å². The van der Waals surface area contributed by atoms with Gasteiger partial charge in [-0.15, -0.1) is 0 Å². The standard InChI is InChI=1S/C13H18N2O2/c14-8-13(9-17-10-13)12(16)15-7-6-11-4-2-1-3-5-11/h1-5H,6-10,14H2,(H,15,16). The van der Waals surface area contributed by atoms with Crippen molar-refractivity contribution in [3.63, 3.8) is 0 Å². The van der Waals surface area contributed by atoms with Gasteiger partial charge in [0.2, 0.25) is 5.91 Å². The van der Waals surface area contributed by atoms with Crippen molar-refractivity contribution in [2.75, 3.05) is 26.3 Å². The summed E-state index contributed by atoms with van der Waals surface area (Å²) < 4.78 is 5.07. The first-order chi connectivity index (χ1) is 8.27. The van der Waals surface area contributed by atoms with E-state index < -0.39 is 5.41 Å². The molecule has 4 nitrogen and oxygen atoms in total. The van der Waals surface area contributed by atoms with Crippen LogP contribution in [-0.2, 0) is 16.0 Å². The molecule has 0 spiro atoms. The molecule has 1 amide bonds. The predicted molar refractivity (Wildman–Crippen MR) is 65.5 cm³/mol. The van der Waals surface area contributed by atoms with Crippen LogP contribution < -0.4 is 11.1 Å². The Morgan fingerprint density at radius 3 is 2.59 bits per heavy atom. The molecular weight excluding hydrogens is 216 g/mol. The Kier molecular flexibility index (Phi) is 3.76. The zero-order valence-electron chi connectivity index (χ0n) is 9.82. The second-order valence-electron chi connectivity index (χ2n) is 4.47. The SMILES string of the molecule is NCC1(C(=O)NCCc2ccccc2)COC1. The highest BCUT2D eigenvalue weighted by Crippen LogP contribution is 2.25. The Bertz CT molecular complexity index is 369. The zero-order valence-corrected chi connectivity index (χ0v) is 9.82. The summed E-state index contributed by atoms with van der Waals surface area (Å²) in [4.78, 5) is 11.9. The van der Waals surface area contributed by atoms with Crippen LogP contribution in [0, 0.1) is 5.41 Å². The van der Waals surface area contributed by atoms with E-state index in [0.29, 0.717) is 26.3 Å². The molecule has 0 aliphatic carbocycles. The Morgan fingerprint density at radius 2 is 2.06 bits per heavy atom. The number of ether oxygens (including phenoxy) is 1. The summed E-state index contributed by atoms with van der Waals surface area (Å²) in [5, 5.41) is 2.93. The lowest BCUT2D eigenvalue weighted by molar-refractivity contribution is -0.159. The van der Waals surface area contributed by atoms with Crippen LogP contribution in [0.2, 0.25) is 0 Å². The van der Waals surface area contributed by atoms with Crippen molar-refractivity contribution in [1.29, 1.82) is 0 Å². The van der Waals surface area contributed by atoms with E-state index in [-0.39, 0.29) is 5.91 Å². The molecule has 4 heteroatoms. The molecular formula is C13H18N2O2. The molecule has 1 aromatic rings. The quantitative estimate of drug-likeness (QED) is 0.771. The Morgan fingerprint density at radius 1 is 1.35 bits per heavy atom. The number of nitrogens with one attached hydrogen (secondary N) is 1. The highest BCUT2D eigenvalue weighted by Gasteiger charge is 2.44. The van der Waals surface area contributed by atoms with Crippen LogP contribution in [0.5, 0.6) is 0 Å². The molecule has 1 aliphatic rings. The smallest absolute Gasteiger partial charge is 0.232 e. The van der Waals surface area contributed by atoms with Gasteiger partial charge in [0.15, 0.2) is 0 Å². The third kappa shape index (κ3) is 2.65. The van der Waals surface area contributed by atoms with Gasteiger partial charge in [0.25, 0.3) is 0 Å². The first kappa shape index (κ1) is 12.1. The van der Waals surface area contributed by atoms with E-state index in [2.05, 4.69) is 17.4 Å². The van der Waals surface area contributed by atoms with Crippen molar-refractivity contribution in [3.8, 4) is 0 Å². The fourth-order valence-electron chi connectivity index (χ4n) is 1.84. The maximum absolute atomic E-state index is 11.9. The van der Waals surface area contributed by atoms with E-state index in [9.17, 15) is 4.79 Å². The third-order valence-electron chi connectivity index (χ3n) is 3.17. The number of carbonyl (C=O) groups excluding carboxylic acids is 1. The Hall–Kier alpha value is -1.39. The maximum Gasteiger partial charge on any atom is 0.232 e. The average Bonchev–Trinajstić information content (AvgIpc) is 2.30. The van der Waals surface area contributed by atoms with Crippen molar-refractivity contribution in [2.24, 2.45) is 11.1 Å². The van der Waals surface area contributed by atoms with E-state index in [1.54, 1.807) is 0 Å². The molecule has 1 aliphatic heterocycles. The fraction of sp³-hybridized carbons (Fsp3) is 0.462. The summed E-state index contributed by atoms with van der Waals surface area (Å²) in [5.41, 5.74) is 6.36. The monoisotopic (exact) mass is 234 g/mol. The molecule has 0 bridgehead atoms. The number of carbonyl (C=O) groups is 1. The van der Waals surface area contributed by atoms with Gasteiger partial charge in [-0.1, -0.05) is 30.3 Å². The van der Waals surface area contributed by atoms with Crippen molar-refractivity contribution >= 4 is 5.91 Å². The molecule has 2 rings (SSSR count). The molecule has 0 aromatic heterocycles. The molecule has 1 fully saturated rings. The van der Waals surface area contributed by atoms with E-state index in [0.717, 1.165) is 6.42 Å². The molecule has 1 saturated heterocycles. The van der Waals surface area contributed by atoms with Gasteiger partial charge in [-0.05, 0) is 12.0 Å². The average molecular weight is 234 g/mol. The Balaban J connectivity index is 1.77. The first-order valence-corrected chi connectivity index (χ1v) is 5.87. The fourth-order valence-corrected chi connectivity index (χ4v) is 1.84. The molecule has 0 unspecified atom stereocenters. The lowest BCUT2D eigenvalue weighted by atomic mass is 9.85. The van der Waals surface area contributed by atoms with Gasteiger partial charge in [0, 0.05) is 13.1 Å². The van der Waals surface area contributed by atoms with Crippen LogP contribution in [0.25, 0.3) is 0 Å². The van der Waals surface area contributed by atoms with Crippen molar-refractivity contribution in [2.45, 2.75) is 6.42 Å². The summed E-state index contributed by atoms with van der Waals surface area (Å²) in [7, 11) is 0. The van der Waals surface area contributed by atoms with Gasteiger partial charge in [0.05, 0.1) is 13.2 Å². The van der Waals surface area contributed by atoms with E-state index in [4.69, 9.17) is 10.5 Å². The minimum absolute atomic E-state index is 0.0159. The van der Waals surface area contributed by atoms with Crippen LogP contribution >= 0.6 is 0 Å². The molecule has 0 radical (unpaired) electrons. The maximum atomic E-state index is 11.9. The molecule has 0 atom stereocenters. The second-order valence-corrected chi connectivity index (χ2v) is 4.47. The number of hydrogen-bond acceptors (Lipinski definition) is 3. The van der Waals surface area contributed by atoms with Gasteiger partial charge >= 0.3 is 0 Å². The molecule has 1 aromatic carbocycles. The number of amides is 1. The zero-order chi connectivity index (χ0) is 12.1. The number of hydrogen-bond donors (Lipinski definition) is 2. The number of nitrogens with two attached hydrogens (primary N) is 1. The summed E-state index contributed by atoms with van der Waals surface area (Å²) in [6, 6.07) is 10.1. The van der Waals surface area contributed by atoms with Gasteiger partial charge in [-0.3, -0.25) is 4.79 Å². The number of rotatable bonds is 5. The van der Waals surface area contributed by atoms with E-state index >= 15 is 0 Å². The summed E-state index contributed by atoms with van der Waals surface area (Å²) in [6.45, 7) is 1.89. The van der Waals surface area contributed by atoms with E-state index in [1.807, 2.05) is 18.2 Å². The van der Waals surface area contributed by atoms with Crippen LogP contribution in [0.4, 0.5) is 0 Å². The van der Waals surface area contributed by atoms with Crippen LogP contribution in [0.15, 0.2) is 30.3 Å². The van der Waals surface area contributed by atoms with Crippen molar-refractivity contribution in [3.05, 3.63) is 35.9 Å². The predicted octanol–water partition coefficient (Wildman–Crippen LogP) is 0.321. The largest absolute Gasteiger partial charge is 0.379 e. The van der Waals surface area contributed by atoms with Gasteiger partial charge in [-0.2, -0.15) is 0 Å². The Labute approximate surface area is 101 Å². The lowest BCUT2D eigenvalue weighted by Crippen LogP contribution is -2.58. The minimum Gasteiger partial charge on any atom is -0.379 e. The number of benzene rings is 1. The molecule has 0 saturated carbocycles. The van der Waals surface area contributed by atoms with Gasteiger partial charge in [-0.25, -0.2) is 0 Å². The van der Waals surface area contributed by atoms with Crippen LogP contribution in [-0.4, -0.2) is 32.2 Å². The molecule has 1 heterocycles. The summed E-state index contributed by atoms with van der Waals surface area (Å²) >= 11 is 0. The van der Waals surface area contributed by atoms with Crippen molar-refractivity contribution < 1.29 is 9.53 Å². The normalized spacial score (nSPS) is 17.2. The van der Waals surface area contributed by atoms with Crippen molar-refractivity contribution in [1.82, 2.24) is 5.32 Å². The third-order valence-corrected chi connectivity index (χ3v) is 3.17.